The van der Waals surface area contributed by atoms with E-state index in [-0.39, 0.29) is 23.9 Å². The van der Waals surface area contributed by atoms with Gasteiger partial charge in [0.2, 0.25) is 15.9 Å². The van der Waals surface area contributed by atoms with Gasteiger partial charge in [0.1, 0.15) is 11.5 Å². The van der Waals surface area contributed by atoms with Crippen LogP contribution in [0.25, 0.3) is 0 Å². The van der Waals surface area contributed by atoms with Crippen molar-refractivity contribution in [2.45, 2.75) is 45.1 Å². The van der Waals surface area contributed by atoms with Crippen molar-refractivity contribution in [1.82, 2.24) is 4.31 Å². The monoisotopic (exact) mass is 470 g/mol. The molecular formula is C25H30N2O5S. The van der Waals surface area contributed by atoms with E-state index < -0.39 is 15.9 Å². The van der Waals surface area contributed by atoms with Gasteiger partial charge in [0.15, 0.2) is 0 Å². The van der Waals surface area contributed by atoms with E-state index in [4.69, 9.17) is 9.15 Å². The highest BCUT2D eigenvalue weighted by Gasteiger charge is 2.28. The summed E-state index contributed by atoms with van der Waals surface area (Å²) >= 11 is 0. The Hall–Kier alpha value is -3.10. The molecule has 176 valence electrons. The second kappa shape index (κ2) is 10.7. The fourth-order valence-corrected chi connectivity index (χ4v) is 4.87. The van der Waals surface area contributed by atoms with E-state index >= 15 is 0 Å². The Morgan fingerprint density at radius 1 is 1.09 bits per heavy atom. The minimum atomic E-state index is -3.98. The molecule has 0 atom stereocenters. The van der Waals surface area contributed by atoms with E-state index in [0.717, 1.165) is 15.4 Å². The summed E-state index contributed by atoms with van der Waals surface area (Å²) in [6.45, 7) is 7.91. The molecule has 0 unspecified atom stereocenters. The van der Waals surface area contributed by atoms with Crippen LogP contribution in [-0.2, 0) is 21.4 Å². The molecule has 0 saturated carbocycles. The summed E-state index contributed by atoms with van der Waals surface area (Å²) in [7, 11) is -3.98. The highest BCUT2D eigenvalue weighted by Crippen LogP contribution is 2.28. The number of furan rings is 1. The van der Waals surface area contributed by atoms with Crippen molar-refractivity contribution < 1.29 is 22.4 Å². The van der Waals surface area contributed by atoms with Gasteiger partial charge in [-0.05, 0) is 67.3 Å². The van der Waals surface area contributed by atoms with Gasteiger partial charge < -0.3 is 14.5 Å². The first-order chi connectivity index (χ1) is 15.7. The predicted molar refractivity (Wildman–Crippen MR) is 128 cm³/mol. The average molecular weight is 471 g/mol. The summed E-state index contributed by atoms with van der Waals surface area (Å²) < 4.78 is 38.7. The fourth-order valence-electron chi connectivity index (χ4n) is 3.51. The second-order valence-electron chi connectivity index (χ2n) is 8.00. The predicted octanol–water partition coefficient (Wildman–Crippen LogP) is 4.94. The van der Waals surface area contributed by atoms with E-state index in [1.165, 1.54) is 18.4 Å². The van der Waals surface area contributed by atoms with Gasteiger partial charge in [0.25, 0.3) is 0 Å². The molecular weight excluding hydrogens is 440 g/mol. The molecule has 3 aromatic rings. The first-order valence-corrected chi connectivity index (χ1v) is 12.3. The van der Waals surface area contributed by atoms with Gasteiger partial charge in [0.05, 0.1) is 30.9 Å². The van der Waals surface area contributed by atoms with Crippen molar-refractivity contribution in [2.75, 3.05) is 18.5 Å². The number of hydrogen-bond donors (Lipinski definition) is 1. The van der Waals surface area contributed by atoms with Crippen LogP contribution >= 0.6 is 0 Å². The smallest absolute Gasteiger partial charge is 0.243 e. The Morgan fingerprint density at radius 3 is 2.42 bits per heavy atom. The number of ether oxygens (including phenoxy) is 1. The number of sulfonamides is 1. The Balaban J connectivity index is 1.88. The van der Waals surface area contributed by atoms with Crippen LogP contribution in [0.15, 0.2) is 70.2 Å². The van der Waals surface area contributed by atoms with Gasteiger partial charge in [-0.2, -0.15) is 4.31 Å². The largest absolute Gasteiger partial charge is 0.494 e. The Bertz CT molecular complexity index is 1170. The maximum Gasteiger partial charge on any atom is 0.243 e. The average Bonchev–Trinajstić information content (AvgIpc) is 3.28. The van der Waals surface area contributed by atoms with Gasteiger partial charge in [-0.15, -0.1) is 0 Å². The lowest BCUT2D eigenvalue weighted by Crippen LogP contribution is -2.37. The van der Waals surface area contributed by atoms with E-state index in [9.17, 15) is 13.2 Å². The minimum absolute atomic E-state index is 0.0687. The molecule has 1 amide bonds. The summed E-state index contributed by atoms with van der Waals surface area (Å²) in [6, 6.07) is 15.3. The zero-order chi connectivity index (χ0) is 24.0. The molecule has 0 aliphatic carbocycles. The van der Waals surface area contributed by atoms with Crippen LogP contribution in [0.3, 0.4) is 0 Å². The molecule has 0 aliphatic rings. The summed E-state index contributed by atoms with van der Waals surface area (Å²) in [6.07, 6.45) is 1.47. The van der Waals surface area contributed by atoms with Crippen LogP contribution in [0, 0.1) is 6.92 Å². The van der Waals surface area contributed by atoms with Gasteiger partial charge >= 0.3 is 0 Å². The van der Waals surface area contributed by atoms with Crippen molar-refractivity contribution >= 4 is 21.6 Å². The number of carbonyl (C=O) groups excluding carboxylic acids is 1. The topological polar surface area (TPSA) is 88.9 Å². The van der Waals surface area contributed by atoms with Crippen molar-refractivity contribution in [3.8, 4) is 5.75 Å². The third-order valence-corrected chi connectivity index (χ3v) is 7.00. The molecule has 3 rings (SSSR count). The molecule has 1 heterocycles. The van der Waals surface area contributed by atoms with Gasteiger partial charge in [-0.25, -0.2) is 8.42 Å². The second-order valence-corrected chi connectivity index (χ2v) is 9.94. The third kappa shape index (κ3) is 6.03. The Labute approximate surface area is 195 Å². The lowest BCUT2D eigenvalue weighted by atomic mass is 9.98. The summed E-state index contributed by atoms with van der Waals surface area (Å²) in [4.78, 5) is 13.1. The molecule has 33 heavy (non-hydrogen) atoms. The van der Waals surface area contributed by atoms with Crippen LogP contribution < -0.4 is 10.1 Å². The van der Waals surface area contributed by atoms with Crippen LogP contribution in [0.5, 0.6) is 5.75 Å². The quantitative estimate of drug-likeness (QED) is 0.453. The minimum Gasteiger partial charge on any atom is -0.494 e. The highest BCUT2D eigenvalue weighted by atomic mass is 32.2. The Kier molecular flexibility index (Phi) is 7.94. The molecule has 2 aromatic carbocycles. The maximum atomic E-state index is 13.4. The molecule has 7 nitrogen and oxygen atoms in total. The van der Waals surface area contributed by atoms with Crippen molar-refractivity contribution in [2.24, 2.45) is 0 Å². The van der Waals surface area contributed by atoms with Crippen molar-refractivity contribution in [3.63, 3.8) is 0 Å². The number of anilines is 1. The van der Waals surface area contributed by atoms with E-state index in [2.05, 4.69) is 5.32 Å². The van der Waals surface area contributed by atoms with E-state index in [1.807, 2.05) is 45.9 Å². The molecule has 0 bridgehead atoms. The molecule has 1 N–H and O–H groups in total. The SMILES string of the molecule is CCOc1ccc(S(=O)(=O)N(CC(=O)Nc2c(C)cccc2C(C)C)Cc2ccco2)cc1. The van der Waals surface area contributed by atoms with Gasteiger partial charge in [0, 0.05) is 5.69 Å². The lowest BCUT2D eigenvalue weighted by Gasteiger charge is -2.22. The standard InChI is InChI=1S/C25H30N2O5S/c1-5-31-20-11-13-22(14-12-20)33(29,30)27(16-21-9-7-15-32-21)17-24(28)26-25-19(4)8-6-10-23(25)18(2)3/h6-15,18H,5,16-17H2,1-4H3,(H,26,28). The summed E-state index contributed by atoms with van der Waals surface area (Å²) in [5.41, 5.74) is 2.63. The van der Waals surface area contributed by atoms with E-state index in [0.29, 0.717) is 23.8 Å². The zero-order valence-corrected chi connectivity index (χ0v) is 20.2. The van der Waals surface area contributed by atoms with Crippen LogP contribution in [-0.4, -0.2) is 31.8 Å². The number of aryl methyl sites for hydroxylation is 1. The van der Waals surface area contributed by atoms with Crippen molar-refractivity contribution in [1.29, 1.82) is 0 Å². The summed E-state index contributed by atoms with van der Waals surface area (Å²) in [5, 5.41) is 2.92. The van der Waals surface area contributed by atoms with Crippen LogP contribution in [0.1, 0.15) is 43.6 Å². The molecule has 0 radical (unpaired) electrons. The number of rotatable bonds is 10. The Morgan fingerprint density at radius 2 is 1.82 bits per heavy atom. The number of carbonyl (C=O) groups is 1. The maximum absolute atomic E-state index is 13.4. The van der Waals surface area contributed by atoms with Crippen molar-refractivity contribution in [3.05, 3.63) is 77.7 Å². The fraction of sp³-hybridized carbons (Fsp3) is 0.320. The van der Waals surface area contributed by atoms with Gasteiger partial charge in [-0.3, -0.25) is 4.79 Å². The molecule has 8 heteroatoms. The molecule has 0 fully saturated rings. The van der Waals surface area contributed by atoms with Crippen LogP contribution in [0.4, 0.5) is 5.69 Å². The van der Waals surface area contributed by atoms with E-state index in [1.54, 1.807) is 24.3 Å². The number of amides is 1. The normalized spacial score (nSPS) is 11.7. The molecule has 0 spiro atoms. The lowest BCUT2D eigenvalue weighted by molar-refractivity contribution is -0.116. The van der Waals surface area contributed by atoms with Crippen LogP contribution in [0.2, 0.25) is 0 Å². The molecule has 1 aromatic heterocycles. The first kappa shape index (κ1) is 24.5. The number of benzene rings is 2. The van der Waals surface area contributed by atoms with Gasteiger partial charge in [-0.1, -0.05) is 32.0 Å². The number of hydrogen-bond acceptors (Lipinski definition) is 5. The number of nitrogens with one attached hydrogen (secondary N) is 1. The highest BCUT2D eigenvalue weighted by molar-refractivity contribution is 7.89. The summed E-state index contributed by atoms with van der Waals surface area (Å²) in [5.74, 6) is 0.794. The number of para-hydroxylation sites is 1. The zero-order valence-electron chi connectivity index (χ0n) is 19.4. The number of nitrogens with zero attached hydrogens (tertiary/aromatic N) is 1. The molecule has 0 saturated heterocycles. The first-order valence-electron chi connectivity index (χ1n) is 10.9. The third-order valence-electron chi connectivity index (χ3n) is 5.20. The molecule has 0 aliphatic heterocycles.